The van der Waals surface area contributed by atoms with Crippen molar-refractivity contribution in [3.63, 3.8) is 0 Å². The highest BCUT2D eigenvalue weighted by Crippen LogP contribution is 2.32. The van der Waals surface area contributed by atoms with Gasteiger partial charge >= 0.3 is 6.01 Å². The van der Waals surface area contributed by atoms with Gasteiger partial charge in [0, 0.05) is 44.0 Å². The van der Waals surface area contributed by atoms with Gasteiger partial charge in [0.15, 0.2) is 0 Å². The average molecular weight is 472 g/mol. The van der Waals surface area contributed by atoms with E-state index in [2.05, 4.69) is 25.7 Å². The topological polar surface area (TPSA) is 102 Å². The predicted octanol–water partition coefficient (Wildman–Crippen LogP) is 3.56. The summed E-state index contributed by atoms with van der Waals surface area (Å²) >= 11 is 0. The fraction of sp³-hybridized carbons (Fsp3) is 0.375. The highest BCUT2D eigenvalue weighted by Gasteiger charge is 2.14. The molecular weight excluding hydrogens is 441 g/mol. The fourth-order valence-electron chi connectivity index (χ4n) is 3.29. The molecule has 1 aromatic heterocycles. The molecule has 0 saturated carbocycles. The molecule has 182 valence electrons. The summed E-state index contributed by atoms with van der Waals surface area (Å²) in [5, 5.41) is 14.4. The third-order valence-electron chi connectivity index (χ3n) is 5.18. The van der Waals surface area contributed by atoms with Gasteiger partial charge in [0.25, 0.3) is 5.89 Å². The van der Waals surface area contributed by atoms with Crippen molar-refractivity contribution < 1.29 is 23.1 Å². The summed E-state index contributed by atoms with van der Waals surface area (Å²) in [5.41, 5.74) is 2.23. The summed E-state index contributed by atoms with van der Waals surface area (Å²) in [4.78, 5) is 12.4. The molecule has 1 saturated heterocycles. The van der Waals surface area contributed by atoms with Gasteiger partial charge in [-0.25, -0.2) is 4.39 Å². The summed E-state index contributed by atoms with van der Waals surface area (Å²) in [6.07, 6.45) is 1.69. The molecule has 0 unspecified atom stereocenters. The van der Waals surface area contributed by atoms with E-state index in [-0.39, 0.29) is 5.82 Å². The number of nitrogens with zero attached hydrogens (tertiary/aromatic N) is 3. The van der Waals surface area contributed by atoms with E-state index in [0.29, 0.717) is 29.5 Å². The molecular formula is C24H30FN5O4. The van der Waals surface area contributed by atoms with Gasteiger partial charge in [-0.3, -0.25) is 9.69 Å². The lowest BCUT2D eigenvalue weighted by atomic mass is 10.2. The van der Waals surface area contributed by atoms with E-state index in [9.17, 15) is 9.18 Å². The lowest BCUT2D eigenvalue weighted by Crippen LogP contribution is -2.37. The number of rotatable bonds is 9. The molecule has 0 amide bonds. The summed E-state index contributed by atoms with van der Waals surface area (Å²) in [7, 11) is 3.49. The third kappa shape index (κ3) is 7.53. The van der Waals surface area contributed by atoms with E-state index < -0.39 is 0 Å². The Morgan fingerprint density at radius 2 is 1.91 bits per heavy atom. The normalized spacial score (nSPS) is 13.5. The van der Waals surface area contributed by atoms with Gasteiger partial charge in [0.1, 0.15) is 17.9 Å². The highest BCUT2D eigenvalue weighted by molar-refractivity contribution is 5.74. The molecule has 0 radical (unpaired) electrons. The minimum Gasteiger partial charge on any atom is -0.496 e. The number of methoxy groups -OCH3 is 1. The minimum absolute atomic E-state index is 0.319. The Kier molecular flexibility index (Phi) is 9.80. The van der Waals surface area contributed by atoms with Crippen LogP contribution in [0.3, 0.4) is 0 Å². The monoisotopic (exact) mass is 471 g/mol. The number of aldehydes is 1. The molecule has 9 nitrogen and oxygen atoms in total. The molecule has 2 aromatic carbocycles. The predicted molar refractivity (Wildman–Crippen MR) is 128 cm³/mol. The quantitative estimate of drug-likeness (QED) is 0.358. The fourth-order valence-corrected chi connectivity index (χ4v) is 3.29. The summed E-state index contributed by atoms with van der Waals surface area (Å²) in [6.45, 7) is 5.49. The number of carbonyl (C=O) groups is 1. The highest BCUT2D eigenvalue weighted by atomic mass is 19.1. The van der Waals surface area contributed by atoms with Gasteiger partial charge in [0.2, 0.25) is 0 Å². The second-order valence-corrected chi connectivity index (χ2v) is 7.48. The van der Waals surface area contributed by atoms with Gasteiger partial charge < -0.3 is 24.5 Å². The zero-order valence-electron chi connectivity index (χ0n) is 19.4. The van der Waals surface area contributed by atoms with Crippen LogP contribution >= 0.6 is 0 Å². The van der Waals surface area contributed by atoms with Crippen LogP contribution < -0.4 is 15.4 Å². The molecule has 3 aromatic rings. The molecule has 0 bridgehead atoms. The number of ether oxygens (including phenoxy) is 2. The van der Waals surface area contributed by atoms with Crippen molar-refractivity contribution in [2.24, 2.45) is 0 Å². The molecule has 4 rings (SSSR count). The van der Waals surface area contributed by atoms with Crippen LogP contribution in [0.1, 0.15) is 16.8 Å². The van der Waals surface area contributed by atoms with Crippen molar-refractivity contribution in [3.8, 4) is 17.2 Å². The van der Waals surface area contributed by atoms with E-state index in [1.807, 2.05) is 25.2 Å². The molecule has 1 aliphatic rings. The number of hydrogen-bond acceptors (Lipinski definition) is 9. The Morgan fingerprint density at radius 1 is 1.15 bits per heavy atom. The minimum atomic E-state index is -0.319. The molecule has 0 atom stereocenters. The number of benzene rings is 2. The van der Waals surface area contributed by atoms with E-state index in [4.69, 9.17) is 13.9 Å². The maximum Gasteiger partial charge on any atom is 0.315 e. The summed E-state index contributed by atoms with van der Waals surface area (Å²) in [6, 6.07) is 11.5. The van der Waals surface area contributed by atoms with Crippen LogP contribution in [0.15, 0.2) is 46.9 Å². The molecule has 1 aliphatic heterocycles. The smallest absolute Gasteiger partial charge is 0.315 e. The molecule has 0 aliphatic carbocycles. The lowest BCUT2D eigenvalue weighted by Gasteiger charge is -2.26. The number of anilines is 2. The Labute approximate surface area is 198 Å². The summed E-state index contributed by atoms with van der Waals surface area (Å²) in [5.74, 6) is 0.810. The second kappa shape index (κ2) is 13.3. The number of nitrogens with one attached hydrogen (secondary N) is 2. The Bertz CT molecular complexity index is 1020. The van der Waals surface area contributed by atoms with Gasteiger partial charge in [-0.2, -0.15) is 0 Å². The van der Waals surface area contributed by atoms with Gasteiger partial charge in [-0.05, 0) is 49.4 Å². The first kappa shape index (κ1) is 25.1. The van der Waals surface area contributed by atoms with Crippen molar-refractivity contribution in [3.05, 3.63) is 53.8 Å². The first-order chi connectivity index (χ1) is 16.6. The molecule has 2 heterocycles. The first-order valence-electron chi connectivity index (χ1n) is 11.1. The third-order valence-corrected chi connectivity index (χ3v) is 5.18. The molecule has 0 spiro atoms. The number of carbonyl (C=O) groups excluding carboxylic acids is 1. The number of morpholine rings is 1. The molecule has 2 N–H and O–H groups in total. The summed E-state index contributed by atoms with van der Waals surface area (Å²) < 4.78 is 28.6. The number of hydrogen-bond donors (Lipinski definition) is 2. The van der Waals surface area contributed by atoms with Crippen molar-refractivity contribution in [2.45, 2.75) is 6.42 Å². The molecule has 10 heteroatoms. The van der Waals surface area contributed by atoms with E-state index in [1.165, 1.54) is 24.3 Å². The maximum absolute atomic E-state index is 12.1. The Morgan fingerprint density at radius 3 is 2.59 bits per heavy atom. The van der Waals surface area contributed by atoms with Crippen LogP contribution in [0.5, 0.6) is 5.75 Å². The Balaban J connectivity index is 0.000000302. The molecule has 1 fully saturated rings. The van der Waals surface area contributed by atoms with Crippen LogP contribution in [0.4, 0.5) is 16.1 Å². The lowest BCUT2D eigenvalue weighted by molar-refractivity contribution is 0.0378. The number of halogens is 1. The van der Waals surface area contributed by atoms with Crippen LogP contribution in [-0.4, -0.2) is 74.9 Å². The first-order valence-corrected chi connectivity index (χ1v) is 11.1. The van der Waals surface area contributed by atoms with Crippen molar-refractivity contribution in [1.29, 1.82) is 0 Å². The van der Waals surface area contributed by atoms with Crippen LogP contribution in [0, 0.1) is 5.82 Å². The van der Waals surface area contributed by atoms with Crippen molar-refractivity contribution in [2.75, 3.05) is 64.2 Å². The molecule has 34 heavy (non-hydrogen) atoms. The van der Waals surface area contributed by atoms with E-state index in [0.717, 1.165) is 57.1 Å². The van der Waals surface area contributed by atoms with Gasteiger partial charge in [0.05, 0.1) is 25.9 Å². The van der Waals surface area contributed by atoms with Gasteiger partial charge in [-0.15, -0.1) is 5.10 Å². The zero-order chi connectivity index (χ0) is 24.2. The average Bonchev–Trinajstić information content (AvgIpc) is 3.36. The Hall–Kier alpha value is -3.50. The maximum atomic E-state index is 12.1. The van der Waals surface area contributed by atoms with Crippen LogP contribution in [0.25, 0.3) is 11.5 Å². The van der Waals surface area contributed by atoms with Crippen molar-refractivity contribution >= 4 is 18.0 Å². The largest absolute Gasteiger partial charge is 0.496 e. The van der Waals surface area contributed by atoms with Crippen LogP contribution in [-0.2, 0) is 4.74 Å². The van der Waals surface area contributed by atoms with Crippen LogP contribution in [0.2, 0.25) is 0 Å². The standard InChI is InChI=1S/C17H25N5O3.C7H5FO/c1-18-13-4-5-14(15(12-13)23-2)16-20-21-17(25-16)19-6-3-7-22-8-10-24-11-9-22;8-7-3-1-6(5-9)2-4-7/h4-5,12,18H,3,6-11H2,1-2H3,(H,19,21);1-5H. The number of aromatic nitrogens is 2. The van der Waals surface area contributed by atoms with Gasteiger partial charge in [-0.1, -0.05) is 5.10 Å². The van der Waals surface area contributed by atoms with E-state index >= 15 is 0 Å². The SMILES string of the molecule is CNc1ccc(-c2nnc(NCCCN3CCOCC3)o2)c(OC)c1.O=Cc1ccc(F)cc1. The zero-order valence-corrected chi connectivity index (χ0v) is 19.4. The van der Waals surface area contributed by atoms with E-state index in [1.54, 1.807) is 7.11 Å². The second-order valence-electron chi connectivity index (χ2n) is 7.48. The van der Waals surface area contributed by atoms with Crippen molar-refractivity contribution in [1.82, 2.24) is 15.1 Å².